The predicted molar refractivity (Wildman–Crippen MR) is 61.2 cm³/mol. The minimum absolute atomic E-state index is 0.0505. The molecule has 0 radical (unpaired) electrons. The molecule has 1 aromatic rings. The topological polar surface area (TPSA) is 24.9 Å². The van der Waals surface area contributed by atoms with Crippen molar-refractivity contribution in [3.05, 3.63) is 15.6 Å². The van der Waals surface area contributed by atoms with Crippen LogP contribution in [0, 0.1) is 13.8 Å². The maximum atomic E-state index is 13.8. The lowest BCUT2D eigenvalue weighted by Gasteiger charge is -2.14. The molecule has 2 rings (SSSR count). The van der Waals surface area contributed by atoms with Crippen molar-refractivity contribution >= 4 is 11.3 Å². The monoisotopic (exact) mass is 228 g/mol. The maximum absolute atomic E-state index is 13.8. The third-order valence-electron chi connectivity index (χ3n) is 2.98. The lowest BCUT2D eigenvalue weighted by molar-refractivity contribution is 0.263. The van der Waals surface area contributed by atoms with E-state index >= 15 is 0 Å². The number of hydrogen-bond donors (Lipinski definition) is 1. The highest BCUT2D eigenvalue weighted by Gasteiger charge is 2.25. The van der Waals surface area contributed by atoms with E-state index in [4.69, 9.17) is 0 Å². The quantitative estimate of drug-likeness (QED) is 0.859. The van der Waals surface area contributed by atoms with E-state index in [2.05, 4.69) is 10.3 Å². The summed E-state index contributed by atoms with van der Waals surface area (Å²) in [6, 6.07) is 0.0505. The second kappa shape index (κ2) is 4.58. The fourth-order valence-corrected chi connectivity index (χ4v) is 2.93. The Morgan fingerprint density at radius 1 is 1.60 bits per heavy atom. The Bertz CT molecular complexity index is 312. The maximum Gasteiger partial charge on any atom is 0.122 e. The van der Waals surface area contributed by atoms with Gasteiger partial charge in [0, 0.05) is 17.3 Å². The molecule has 1 saturated heterocycles. The number of rotatable bonds is 3. The molecule has 84 valence electrons. The first-order valence-electron chi connectivity index (χ1n) is 5.47. The average Bonchev–Trinajstić information content (AvgIpc) is 2.77. The van der Waals surface area contributed by atoms with Crippen LogP contribution in [0.2, 0.25) is 0 Å². The molecule has 1 aromatic heterocycles. The van der Waals surface area contributed by atoms with E-state index in [1.807, 2.05) is 13.8 Å². The van der Waals surface area contributed by atoms with Gasteiger partial charge in [0.2, 0.25) is 0 Å². The molecular formula is C11H17FN2S. The molecule has 0 spiro atoms. The first kappa shape index (κ1) is 11.0. The van der Waals surface area contributed by atoms with Crippen LogP contribution in [0.1, 0.15) is 28.4 Å². The SMILES string of the molecule is Cc1nc(CC(F)C2CCCN2)sc1C. The second-order valence-electron chi connectivity index (χ2n) is 4.17. The Labute approximate surface area is 93.9 Å². The molecule has 0 saturated carbocycles. The number of nitrogens with zero attached hydrogens (tertiary/aromatic N) is 1. The molecule has 4 heteroatoms. The summed E-state index contributed by atoms with van der Waals surface area (Å²) in [5.74, 6) is 0. The minimum atomic E-state index is -0.780. The summed E-state index contributed by atoms with van der Waals surface area (Å²) >= 11 is 1.62. The third-order valence-corrected chi connectivity index (χ3v) is 4.07. The Balaban J connectivity index is 1.95. The van der Waals surface area contributed by atoms with Gasteiger partial charge in [0.05, 0.1) is 10.7 Å². The van der Waals surface area contributed by atoms with Crippen LogP contribution in [0.25, 0.3) is 0 Å². The zero-order valence-corrected chi connectivity index (χ0v) is 10.0. The molecule has 1 fully saturated rings. The van der Waals surface area contributed by atoms with Crippen LogP contribution in [0.4, 0.5) is 4.39 Å². The lowest BCUT2D eigenvalue weighted by Crippen LogP contribution is -2.33. The van der Waals surface area contributed by atoms with Gasteiger partial charge in [-0.05, 0) is 33.2 Å². The normalized spacial score (nSPS) is 23.3. The lowest BCUT2D eigenvalue weighted by atomic mass is 10.1. The van der Waals surface area contributed by atoms with E-state index in [1.54, 1.807) is 11.3 Å². The van der Waals surface area contributed by atoms with Gasteiger partial charge in [-0.15, -0.1) is 11.3 Å². The number of aryl methyl sites for hydroxylation is 2. The smallest absolute Gasteiger partial charge is 0.122 e. The predicted octanol–water partition coefficient (Wildman–Crippen LogP) is 2.39. The largest absolute Gasteiger partial charge is 0.311 e. The summed E-state index contributed by atoms with van der Waals surface area (Å²) in [4.78, 5) is 5.58. The van der Waals surface area contributed by atoms with Gasteiger partial charge >= 0.3 is 0 Å². The molecule has 1 aliphatic rings. The van der Waals surface area contributed by atoms with Crippen molar-refractivity contribution in [2.24, 2.45) is 0 Å². The van der Waals surface area contributed by atoms with Crippen molar-refractivity contribution in [1.82, 2.24) is 10.3 Å². The van der Waals surface area contributed by atoms with Gasteiger partial charge in [-0.25, -0.2) is 9.37 Å². The molecule has 1 N–H and O–H groups in total. The Kier molecular flexibility index (Phi) is 3.36. The zero-order chi connectivity index (χ0) is 10.8. The van der Waals surface area contributed by atoms with Crippen LogP contribution < -0.4 is 5.32 Å². The molecular weight excluding hydrogens is 211 g/mol. The Morgan fingerprint density at radius 2 is 2.40 bits per heavy atom. The molecule has 0 aromatic carbocycles. The van der Waals surface area contributed by atoms with Crippen LogP contribution in [0.5, 0.6) is 0 Å². The summed E-state index contributed by atoms with van der Waals surface area (Å²) in [5, 5.41) is 4.14. The van der Waals surface area contributed by atoms with Crippen molar-refractivity contribution in [3.63, 3.8) is 0 Å². The summed E-state index contributed by atoms with van der Waals surface area (Å²) in [6.07, 6.45) is 1.75. The van der Waals surface area contributed by atoms with E-state index in [0.717, 1.165) is 30.1 Å². The molecule has 2 heterocycles. The summed E-state index contributed by atoms with van der Waals surface area (Å²) in [6.45, 7) is 4.98. The van der Waals surface area contributed by atoms with E-state index in [-0.39, 0.29) is 6.04 Å². The number of thiazole rings is 1. The highest BCUT2D eigenvalue weighted by molar-refractivity contribution is 7.11. The number of nitrogens with one attached hydrogen (secondary N) is 1. The highest BCUT2D eigenvalue weighted by Crippen LogP contribution is 2.21. The fourth-order valence-electron chi connectivity index (χ4n) is 1.96. The first-order valence-corrected chi connectivity index (χ1v) is 6.29. The van der Waals surface area contributed by atoms with Crippen LogP contribution in [-0.4, -0.2) is 23.7 Å². The number of halogens is 1. The number of aromatic nitrogens is 1. The zero-order valence-electron chi connectivity index (χ0n) is 9.22. The molecule has 2 unspecified atom stereocenters. The van der Waals surface area contributed by atoms with Gasteiger partial charge in [-0.2, -0.15) is 0 Å². The first-order chi connectivity index (χ1) is 7.16. The Morgan fingerprint density at radius 3 is 2.93 bits per heavy atom. The van der Waals surface area contributed by atoms with Gasteiger partial charge < -0.3 is 5.32 Å². The summed E-state index contributed by atoms with van der Waals surface area (Å²) in [7, 11) is 0. The van der Waals surface area contributed by atoms with Crippen molar-refractivity contribution < 1.29 is 4.39 Å². The van der Waals surface area contributed by atoms with E-state index < -0.39 is 6.17 Å². The molecule has 1 aliphatic heterocycles. The third kappa shape index (κ3) is 2.55. The molecule has 0 amide bonds. The van der Waals surface area contributed by atoms with Crippen LogP contribution in [0.15, 0.2) is 0 Å². The number of hydrogen-bond acceptors (Lipinski definition) is 3. The molecule has 0 aliphatic carbocycles. The van der Waals surface area contributed by atoms with Crippen LogP contribution >= 0.6 is 11.3 Å². The van der Waals surface area contributed by atoms with Gasteiger partial charge in [-0.1, -0.05) is 0 Å². The minimum Gasteiger partial charge on any atom is -0.311 e. The average molecular weight is 228 g/mol. The summed E-state index contributed by atoms with van der Waals surface area (Å²) < 4.78 is 13.8. The van der Waals surface area contributed by atoms with Crippen molar-refractivity contribution in [3.8, 4) is 0 Å². The van der Waals surface area contributed by atoms with Crippen LogP contribution in [-0.2, 0) is 6.42 Å². The van der Waals surface area contributed by atoms with Gasteiger partial charge in [0.1, 0.15) is 6.17 Å². The molecule has 2 atom stereocenters. The van der Waals surface area contributed by atoms with Crippen LogP contribution in [0.3, 0.4) is 0 Å². The van der Waals surface area contributed by atoms with Crippen molar-refractivity contribution in [2.45, 2.75) is 45.3 Å². The standard InChI is InChI=1S/C11H17FN2S/c1-7-8(2)15-11(14-7)6-9(12)10-4-3-5-13-10/h9-10,13H,3-6H2,1-2H3. The van der Waals surface area contributed by atoms with Gasteiger partial charge in [0.15, 0.2) is 0 Å². The van der Waals surface area contributed by atoms with E-state index in [0.29, 0.717) is 6.42 Å². The molecule has 2 nitrogen and oxygen atoms in total. The van der Waals surface area contributed by atoms with Gasteiger partial charge in [0.25, 0.3) is 0 Å². The Hall–Kier alpha value is -0.480. The second-order valence-corrected chi connectivity index (χ2v) is 5.46. The summed E-state index contributed by atoms with van der Waals surface area (Å²) in [5.41, 5.74) is 1.04. The molecule has 0 bridgehead atoms. The fraction of sp³-hybridized carbons (Fsp3) is 0.727. The number of alkyl halides is 1. The van der Waals surface area contributed by atoms with Crippen molar-refractivity contribution in [1.29, 1.82) is 0 Å². The highest BCUT2D eigenvalue weighted by atomic mass is 32.1. The molecule has 15 heavy (non-hydrogen) atoms. The van der Waals surface area contributed by atoms with Gasteiger partial charge in [-0.3, -0.25) is 0 Å². The van der Waals surface area contributed by atoms with Crippen molar-refractivity contribution in [2.75, 3.05) is 6.54 Å². The van der Waals surface area contributed by atoms with E-state index in [1.165, 1.54) is 4.88 Å². The van der Waals surface area contributed by atoms with E-state index in [9.17, 15) is 4.39 Å².